The second-order valence-corrected chi connectivity index (χ2v) is 6.63. The summed E-state index contributed by atoms with van der Waals surface area (Å²) >= 11 is 0. The number of hydrogen-bond donors (Lipinski definition) is 2. The predicted molar refractivity (Wildman–Crippen MR) is 120 cm³/mol. The van der Waals surface area contributed by atoms with E-state index in [0.29, 0.717) is 24.8 Å². The monoisotopic (exact) mass is 397 g/mol. The minimum absolute atomic E-state index is 0.627. The first-order valence-electron chi connectivity index (χ1n) is 9.87. The van der Waals surface area contributed by atoms with Crippen LogP contribution >= 0.6 is 0 Å². The molecule has 2 N–H and O–H groups in total. The number of pyridine rings is 1. The molecule has 0 fully saturated rings. The zero-order valence-corrected chi connectivity index (χ0v) is 16.7. The minimum atomic E-state index is 0.627. The fourth-order valence-electron chi connectivity index (χ4n) is 2.96. The molecule has 2 heterocycles. The van der Waals surface area contributed by atoms with E-state index in [9.17, 15) is 0 Å². The van der Waals surface area contributed by atoms with Crippen LogP contribution in [-0.4, -0.2) is 21.6 Å². The lowest BCUT2D eigenvalue weighted by Crippen LogP contribution is -2.05. The summed E-state index contributed by atoms with van der Waals surface area (Å²) in [7, 11) is 0. The van der Waals surface area contributed by atoms with Gasteiger partial charge in [0.1, 0.15) is 17.4 Å². The zero-order valence-electron chi connectivity index (χ0n) is 16.7. The van der Waals surface area contributed by atoms with E-state index in [0.717, 1.165) is 28.4 Å². The molecule has 4 rings (SSSR count). The van der Waals surface area contributed by atoms with Gasteiger partial charge in [-0.3, -0.25) is 4.98 Å². The molecule has 0 unspecified atom stereocenters. The molecule has 0 amide bonds. The normalized spacial score (nSPS) is 10.4. The van der Waals surface area contributed by atoms with Crippen LogP contribution in [0.5, 0.6) is 5.75 Å². The van der Waals surface area contributed by atoms with Crippen molar-refractivity contribution in [2.45, 2.75) is 13.5 Å². The number of benzene rings is 2. The Morgan fingerprint density at radius 2 is 1.67 bits per heavy atom. The van der Waals surface area contributed by atoms with Crippen molar-refractivity contribution < 1.29 is 4.74 Å². The second kappa shape index (κ2) is 9.52. The Balaban J connectivity index is 1.59. The van der Waals surface area contributed by atoms with Crippen LogP contribution in [0, 0.1) is 0 Å². The highest BCUT2D eigenvalue weighted by molar-refractivity contribution is 5.65. The maximum absolute atomic E-state index is 5.51. The molecule has 0 saturated carbocycles. The van der Waals surface area contributed by atoms with Gasteiger partial charge in [0.2, 0.25) is 0 Å². The van der Waals surface area contributed by atoms with Crippen LogP contribution in [-0.2, 0) is 6.54 Å². The van der Waals surface area contributed by atoms with Gasteiger partial charge in [0.05, 0.1) is 6.61 Å². The molecule has 0 spiro atoms. The number of nitrogens with one attached hydrogen (secondary N) is 2. The van der Waals surface area contributed by atoms with Crippen LogP contribution in [0.2, 0.25) is 0 Å². The highest BCUT2D eigenvalue weighted by Crippen LogP contribution is 2.24. The van der Waals surface area contributed by atoms with E-state index >= 15 is 0 Å². The molecule has 2 aromatic heterocycles. The standard InChI is InChI=1S/C24H23N5O/c1-2-30-21-12-10-20(11-13-21)27-23-15-22(26-17-18-7-6-14-25-16-18)28-24(29-23)19-8-4-3-5-9-19/h3-16H,2,17H2,1H3,(H2,26,27,28,29). The van der Waals surface area contributed by atoms with E-state index in [1.54, 1.807) is 6.20 Å². The zero-order chi connectivity index (χ0) is 20.6. The highest BCUT2D eigenvalue weighted by Gasteiger charge is 2.08. The van der Waals surface area contributed by atoms with Gasteiger partial charge in [-0.15, -0.1) is 0 Å². The Morgan fingerprint density at radius 3 is 2.40 bits per heavy atom. The number of hydrogen-bond acceptors (Lipinski definition) is 6. The van der Waals surface area contributed by atoms with Gasteiger partial charge < -0.3 is 15.4 Å². The summed E-state index contributed by atoms with van der Waals surface area (Å²) in [5, 5.41) is 6.73. The van der Waals surface area contributed by atoms with Crippen molar-refractivity contribution in [2.24, 2.45) is 0 Å². The first-order valence-corrected chi connectivity index (χ1v) is 9.87. The summed E-state index contributed by atoms with van der Waals surface area (Å²) < 4.78 is 5.51. The summed E-state index contributed by atoms with van der Waals surface area (Å²) in [5.41, 5.74) is 2.96. The third-order valence-corrected chi connectivity index (χ3v) is 4.39. The Labute approximate surface area is 176 Å². The maximum atomic E-state index is 5.51. The lowest BCUT2D eigenvalue weighted by molar-refractivity contribution is 0.340. The Morgan fingerprint density at radius 1 is 0.867 bits per heavy atom. The Bertz CT molecular complexity index is 1070. The summed E-state index contributed by atoms with van der Waals surface area (Å²) in [6.45, 7) is 3.24. The predicted octanol–water partition coefficient (Wildman–Crippen LogP) is 5.29. The van der Waals surface area contributed by atoms with E-state index in [4.69, 9.17) is 14.7 Å². The second-order valence-electron chi connectivity index (χ2n) is 6.63. The molecule has 6 nitrogen and oxygen atoms in total. The fourth-order valence-corrected chi connectivity index (χ4v) is 2.96. The van der Waals surface area contributed by atoms with E-state index in [2.05, 4.69) is 15.6 Å². The van der Waals surface area contributed by atoms with Crippen molar-refractivity contribution >= 4 is 17.3 Å². The molecule has 4 aromatic rings. The van der Waals surface area contributed by atoms with Gasteiger partial charge in [-0.2, -0.15) is 0 Å². The van der Waals surface area contributed by atoms with Crippen molar-refractivity contribution in [2.75, 3.05) is 17.2 Å². The van der Waals surface area contributed by atoms with Gasteiger partial charge >= 0.3 is 0 Å². The van der Waals surface area contributed by atoms with Gasteiger partial charge in [0.25, 0.3) is 0 Å². The third kappa shape index (κ3) is 5.11. The van der Waals surface area contributed by atoms with Crippen molar-refractivity contribution in [3.8, 4) is 17.1 Å². The lowest BCUT2D eigenvalue weighted by atomic mass is 10.2. The maximum Gasteiger partial charge on any atom is 0.163 e. The number of nitrogens with zero attached hydrogens (tertiary/aromatic N) is 3. The van der Waals surface area contributed by atoms with Crippen molar-refractivity contribution in [3.05, 3.63) is 90.8 Å². The summed E-state index contributed by atoms with van der Waals surface area (Å²) in [5.74, 6) is 2.94. The summed E-state index contributed by atoms with van der Waals surface area (Å²) in [4.78, 5) is 13.6. The van der Waals surface area contributed by atoms with Crippen LogP contribution in [0.25, 0.3) is 11.4 Å². The molecule has 0 aliphatic heterocycles. The molecule has 0 atom stereocenters. The fraction of sp³-hybridized carbons (Fsp3) is 0.125. The van der Waals surface area contributed by atoms with E-state index in [1.807, 2.05) is 85.9 Å². The van der Waals surface area contributed by atoms with Crippen LogP contribution in [0.3, 0.4) is 0 Å². The SMILES string of the molecule is CCOc1ccc(Nc2cc(NCc3cccnc3)nc(-c3ccccc3)n2)cc1. The molecule has 0 radical (unpaired) electrons. The van der Waals surface area contributed by atoms with Gasteiger partial charge in [0, 0.05) is 36.3 Å². The van der Waals surface area contributed by atoms with Crippen LogP contribution < -0.4 is 15.4 Å². The van der Waals surface area contributed by atoms with Gasteiger partial charge in [0.15, 0.2) is 5.82 Å². The van der Waals surface area contributed by atoms with Gasteiger partial charge in [-0.1, -0.05) is 36.4 Å². The first kappa shape index (κ1) is 19.4. The van der Waals surface area contributed by atoms with Crippen LogP contribution in [0.15, 0.2) is 85.2 Å². The van der Waals surface area contributed by atoms with E-state index in [-0.39, 0.29) is 0 Å². The van der Waals surface area contributed by atoms with Crippen LogP contribution in [0.4, 0.5) is 17.3 Å². The highest BCUT2D eigenvalue weighted by atomic mass is 16.5. The average molecular weight is 397 g/mol. The largest absolute Gasteiger partial charge is 0.494 e. The molecule has 0 bridgehead atoms. The molecule has 30 heavy (non-hydrogen) atoms. The smallest absolute Gasteiger partial charge is 0.163 e. The van der Waals surface area contributed by atoms with E-state index < -0.39 is 0 Å². The molecular weight excluding hydrogens is 374 g/mol. The van der Waals surface area contributed by atoms with Crippen molar-refractivity contribution in [1.82, 2.24) is 15.0 Å². The number of ether oxygens (including phenoxy) is 1. The molecule has 6 heteroatoms. The Hall–Kier alpha value is -3.93. The third-order valence-electron chi connectivity index (χ3n) is 4.39. The molecule has 150 valence electrons. The molecule has 2 aromatic carbocycles. The summed E-state index contributed by atoms with van der Waals surface area (Å²) in [6.07, 6.45) is 3.60. The average Bonchev–Trinajstić information content (AvgIpc) is 2.80. The topological polar surface area (TPSA) is 72.0 Å². The quantitative estimate of drug-likeness (QED) is 0.421. The number of anilines is 3. The first-order chi connectivity index (χ1) is 14.8. The van der Waals surface area contributed by atoms with E-state index in [1.165, 1.54) is 0 Å². The summed E-state index contributed by atoms with van der Waals surface area (Å²) in [6, 6.07) is 23.6. The van der Waals surface area contributed by atoms with Gasteiger partial charge in [-0.05, 0) is 42.8 Å². The molecule has 0 aliphatic rings. The van der Waals surface area contributed by atoms with Crippen LogP contribution in [0.1, 0.15) is 12.5 Å². The van der Waals surface area contributed by atoms with Gasteiger partial charge in [-0.25, -0.2) is 9.97 Å². The molecule has 0 aliphatic carbocycles. The number of aromatic nitrogens is 3. The minimum Gasteiger partial charge on any atom is -0.494 e. The van der Waals surface area contributed by atoms with Crippen molar-refractivity contribution in [3.63, 3.8) is 0 Å². The lowest BCUT2D eigenvalue weighted by Gasteiger charge is -2.12. The Kier molecular flexibility index (Phi) is 6.15. The number of rotatable bonds is 8. The van der Waals surface area contributed by atoms with Crippen molar-refractivity contribution in [1.29, 1.82) is 0 Å². The molecule has 0 saturated heterocycles. The molecular formula is C24H23N5O.